The lowest BCUT2D eigenvalue weighted by molar-refractivity contribution is -0.142. The van der Waals surface area contributed by atoms with Crippen molar-refractivity contribution in [2.24, 2.45) is 5.92 Å². The summed E-state index contributed by atoms with van der Waals surface area (Å²) in [6, 6.07) is 2.00. The van der Waals surface area contributed by atoms with Crippen molar-refractivity contribution in [3.05, 3.63) is 58.5 Å². The van der Waals surface area contributed by atoms with Gasteiger partial charge in [-0.3, -0.25) is 33.6 Å². The second kappa shape index (κ2) is 18.0. The van der Waals surface area contributed by atoms with Crippen LogP contribution in [-0.4, -0.2) is 111 Å². The number of para-hydroxylation sites is 1. The zero-order valence-electron chi connectivity index (χ0n) is 32.8. The van der Waals surface area contributed by atoms with E-state index in [9.17, 15) is 38.7 Å². The van der Waals surface area contributed by atoms with Crippen LogP contribution in [0.15, 0.2) is 30.5 Å². The second-order valence-corrected chi connectivity index (χ2v) is 15.4. The number of aromatic nitrogens is 2. The second-order valence-electron chi connectivity index (χ2n) is 15.4. The number of Topliss-reactive ketones (excluding diaryl/α,β-unsaturated/α-hetero) is 1. The van der Waals surface area contributed by atoms with Gasteiger partial charge in [0.25, 0.3) is 5.91 Å². The maximum Gasteiger partial charge on any atom is 0.254 e. The van der Waals surface area contributed by atoms with Crippen molar-refractivity contribution >= 4 is 52.1 Å². The average Bonchev–Trinajstić information content (AvgIpc) is 3.83. The van der Waals surface area contributed by atoms with E-state index in [0.29, 0.717) is 24.1 Å². The highest BCUT2D eigenvalue weighted by molar-refractivity contribution is 6.04. The van der Waals surface area contributed by atoms with Crippen LogP contribution < -0.4 is 26.6 Å². The molecule has 8 N–H and O–H groups in total. The van der Waals surface area contributed by atoms with Crippen LogP contribution in [0.4, 0.5) is 0 Å². The molecule has 5 rings (SSSR count). The first-order valence-corrected chi connectivity index (χ1v) is 19.3. The van der Waals surface area contributed by atoms with Crippen LogP contribution in [-0.2, 0) is 30.4 Å². The minimum atomic E-state index is -1.20. The number of aryl methyl sites for hydroxylation is 1. The van der Waals surface area contributed by atoms with Crippen molar-refractivity contribution in [2.75, 3.05) is 13.1 Å². The molecule has 0 radical (unpaired) electrons. The molecule has 6 atom stereocenters. The third-order valence-electron chi connectivity index (χ3n) is 10.5. The van der Waals surface area contributed by atoms with Gasteiger partial charge < -0.3 is 46.6 Å². The SMILES string of the molecule is CC(=O)c1[nH]c(C)c(C(=O)N[C@H]2CCCCNC(=O)[C@@H]3C[C@@H](O)CN3C(=O)[C@@H](CC(C)C)NC(=O)[C@H](Cc3c[nH]c4ccccc34)NC(=O)[C@@H](C)NC2=O)c1C. The van der Waals surface area contributed by atoms with Crippen molar-refractivity contribution < 1.29 is 38.7 Å². The Balaban J connectivity index is 1.46. The number of aromatic amines is 2. The molecule has 1 aromatic carbocycles. The van der Waals surface area contributed by atoms with Crippen molar-refractivity contribution in [3.63, 3.8) is 0 Å². The van der Waals surface area contributed by atoms with Gasteiger partial charge >= 0.3 is 0 Å². The van der Waals surface area contributed by atoms with Crippen LogP contribution in [0.3, 0.4) is 0 Å². The number of aliphatic hydroxyl groups is 1. The highest BCUT2D eigenvalue weighted by atomic mass is 16.3. The molecular formula is C40H54N8O8. The Morgan fingerprint density at radius 3 is 2.36 bits per heavy atom. The van der Waals surface area contributed by atoms with Crippen LogP contribution in [0.2, 0.25) is 0 Å². The molecular weight excluding hydrogens is 720 g/mol. The highest BCUT2D eigenvalue weighted by Crippen LogP contribution is 2.23. The van der Waals surface area contributed by atoms with E-state index in [0.717, 1.165) is 16.5 Å². The maximum atomic E-state index is 14.2. The van der Waals surface area contributed by atoms with E-state index in [1.165, 1.54) is 18.7 Å². The standard InChI is InChI=1S/C40H54N8O8/c1-20(2)15-31-40(56)48-19-26(50)17-32(48)38(54)41-14-10-9-13-29(45-39(55)33-21(3)34(24(6)49)43-22(33)4)36(52)44-23(5)35(51)46-30(37(53)47-31)16-25-18-42-28-12-8-7-11-27(25)28/h7-8,11-12,18,20,23,26,29-32,42-43,50H,9-10,13-17,19H2,1-6H3,(H,41,54)(H,44,52)(H,45,55)(H,46,51)(H,47,53)/t23-,26-,29+,30+,31-,32+/m1/s1. The number of nitrogens with one attached hydrogen (secondary N) is 7. The van der Waals surface area contributed by atoms with E-state index >= 15 is 0 Å². The lowest BCUT2D eigenvalue weighted by atomic mass is 10.00. The molecule has 0 aliphatic carbocycles. The van der Waals surface area contributed by atoms with Gasteiger partial charge in [0.15, 0.2) is 5.78 Å². The summed E-state index contributed by atoms with van der Waals surface area (Å²) in [4.78, 5) is 103. The Morgan fingerprint density at radius 1 is 0.946 bits per heavy atom. The zero-order chi connectivity index (χ0) is 40.8. The van der Waals surface area contributed by atoms with E-state index in [-0.39, 0.29) is 61.7 Å². The summed E-state index contributed by atoms with van der Waals surface area (Å²) in [6.07, 6.45) is 2.01. The average molecular weight is 775 g/mol. The number of nitrogens with zero attached hydrogens (tertiary/aromatic N) is 1. The molecule has 16 nitrogen and oxygen atoms in total. The Hall–Kier alpha value is -5.51. The van der Waals surface area contributed by atoms with E-state index in [1.54, 1.807) is 20.0 Å². The number of hydrogen-bond donors (Lipinski definition) is 8. The molecule has 2 aromatic heterocycles. The summed E-state index contributed by atoms with van der Waals surface area (Å²) < 4.78 is 0. The summed E-state index contributed by atoms with van der Waals surface area (Å²) in [5.74, 6) is -3.80. The molecule has 2 fully saturated rings. The van der Waals surface area contributed by atoms with Crippen molar-refractivity contribution in [2.45, 2.75) is 116 Å². The number of rotatable bonds is 7. The smallest absolute Gasteiger partial charge is 0.254 e. The predicted octanol–water partition coefficient (Wildman–Crippen LogP) is 1.44. The van der Waals surface area contributed by atoms with Gasteiger partial charge in [0.2, 0.25) is 29.5 Å². The van der Waals surface area contributed by atoms with Crippen LogP contribution >= 0.6 is 0 Å². The van der Waals surface area contributed by atoms with E-state index in [4.69, 9.17) is 0 Å². The van der Waals surface area contributed by atoms with E-state index in [2.05, 4.69) is 36.6 Å². The van der Waals surface area contributed by atoms with E-state index < -0.39 is 71.8 Å². The Morgan fingerprint density at radius 2 is 1.66 bits per heavy atom. The normalized spacial score (nSPS) is 24.7. The number of fused-ring (bicyclic) bond motifs is 2. The number of amides is 6. The fraction of sp³-hybridized carbons (Fsp3) is 0.525. The minimum absolute atomic E-state index is 0.0225. The largest absolute Gasteiger partial charge is 0.391 e. The van der Waals surface area contributed by atoms with Gasteiger partial charge in [0.1, 0.15) is 30.2 Å². The molecule has 3 aromatic rings. The first kappa shape index (κ1) is 41.6. The Bertz CT molecular complexity index is 1980. The van der Waals surface area contributed by atoms with Gasteiger partial charge in [-0.2, -0.15) is 0 Å². The summed E-state index contributed by atoms with van der Waals surface area (Å²) in [5, 5.41) is 25.4. The Kier molecular flexibility index (Phi) is 13.4. The fourth-order valence-electron chi connectivity index (χ4n) is 7.62. The molecule has 2 aliphatic heterocycles. The Labute approximate surface area is 325 Å². The number of benzene rings is 1. The van der Waals surface area contributed by atoms with Gasteiger partial charge in [-0.05, 0) is 69.6 Å². The third kappa shape index (κ3) is 9.64. The molecule has 0 saturated carbocycles. The monoisotopic (exact) mass is 774 g/mol. The lowest BCUT2D eigenvalue weighted by Crippen LogP contribution is -2.59. The number of carbonyl (C=O) groups excluding carboxylic acids is 7. The molecule has 0 unspecified atom stereocenters. The van der Waals surface area contributed by atoms with Gasteiger partial charge in [-0.15, -0.1) is 0 Å². The van der Waals surface area contributed by atoms with Crippen LogP contribution in [0.25, 0.3) is 10.9 Å². The quantitative estimate of drug-likeness (QED) is 0.163. The lowest BCUT2D eigenvalue weighted by Gasteiger charge is -2.30. The van der Waals surface area contributed by atoms with Gasteiger partial charge in [-0.1, -0.05) is 32.0 Å². The number of hydrogen-bond acceptors (Lipinski definition) is 8. The van der Waals surface area contributed by atoms with E-state index in [1.807, 2.05) is 38.1 Å². The van der Waals surface area contributed by atoms with Crippen molar-refractivity contribution in [1.29, 1.82) is 0 Å². The van der Waals surface area contributed by atoms with Gasteiger partial charge in [-0.25, -0.2) is 0 Å². The number of H-pyrrole nitrogens is 2. The number of carbonyl (C=O) groups is 7. The zero-order valence-corrected chi connectivity index (χ0v) is 32.8. The predicted molar refractivity (Wildman–Crippen MR) is 207 cm³/mol. The highest BCUT2D eigenvalue weighted by Gasteiger charge is 2.42. The maximum absolute atomic E-state index is 14.2. The van der Waals surface area contributed by atoms with Crippen LogP contribution in [0.1, 0.15) is 97.5 Å². The molecule has 4 heterocycles. The van der Waals surface area contributed by atoms with Crippen molar-refractivity contribution in [3.8, 4) is 0 Å². The van der Waals surface area contributed by atoms with Gasteiger partial charge in [0.05, 0.1) is 17.4 Å². The molecule has 2 saturated heterocycles. The van der Waals surface area contributed by atoms with Crippen LogP contribution in [0, 0.1) is 19.8 Å². The molecule has 56 heavy (non-hydrogen) atoms. The first-order valence-electron chi connectivity index (χ1n) is 19.3. The molecule has 0 spiro atoms. The summed E-state index contributed by atoms with van der Waals surface area (Å²) in [6.45, 7) is 10.0. The summed E-state index contributed by atoms with van der Waals surface area (Å²) in [7, 11) is 0. The molecule has 0 bridgehead atoms. The number of ketones is 1. The van der Waals surface area contributed by atoms with Gasteiger partial charge in [0, 0.05) is 55.6 Å². The van der Waals surface area contributed by atoms with Crippen LogP contribution in [0.5, 0.6) is 0 Å². The topological polar surface area (TPSA) is 235 Å². The fourth-order valence-corrected chi connectivity index (χ4v) is 7.62. The minimum Gasteiger partial charge on any atom is -0.391 e. The molecule has 302 valence electrons. The van der Waals surface area contributed by atoms with Crippen molar-refractivity contribution in [1.82, 2.24) is 41.5 Å². The third-order valence-corrected chi connectivity index (χ3v) is 10.5. The molecule has 2 aliphatic rings. The summed E-state index contributed by atoms with van der Waals surface area (Å²) in [5.41, 5.74) is 2.97. The molecule has 16 heteroatoms. The number of aliphatic hydroxyl groups excluding tert-OH is 1. The first-order chi connectivity index (χ1) is 26.5. The molecule has 6 amide bonds. The summed E-state index contributed by atoms with van der Waals surface area (Å²) >= 11 is 0.